The number of rotatable bonds is 4. The maximum absolute atomic E-state index is 13.8. The summed E-state index contributed by atoms with van der Waals surface area (Å²) in [4.78, 5) is 16.8. The summed E-state index contributed by atoms with van der Waals surface area (Å²) in [7, 11) is 0. The predicted molar refractivity (Wildman–Crippen MR) is 101 cm³/mol. The summed E-state index contributed by atoms with van der Waals surface area (Å²) in [6, 6.07) is 0.949. The van der Waals surface area contributed by atoms with Gasteiger partial charge in [0, 0.05) is 36.3 Å². The standard InChI is InChI=1S/C20H20F6N4O3/c1-8(2)30-7-10(17(29-30)20(24,25)26)14-15(12-6-11(31)16(14)33-12)18(32)28-13-5-9(3-4-27-13)19(21,22)23/h3-5,7-8,11-12,14-16,31H,6H2,1-2H3,(H,27,28,32). The average Bonchev–Trinajstić information content (AvgIpc) is 3.38. The van der Waals surface area contributed by atoms with Crippen LogP contribution in [-0.4, -0.2) is 44.1 Å². The molecule has 0 aliphatic carbocycles. The van der Waals surface area contributed by atoms with Gasteiger partial charge in [-0.15, -0.1) is 0 Å². The molecule has 180 valence electrons. The highest BCUT2D eigenvalue weighted by Gasteiger charge is 2.59. The summed E-state index contributed by atoms with van der Waals surface area (Å²) < 4.78 is 86.9. The first kappa shape index (κ1) is 23.5. The molecular formula is C20H20F6N4O3. The van der Waals surface area contributed by atoms with Crippen LogP contribution in [0.3, 0.4) is 0 Å². The first-order valence-corrected chi connectivity index (χ1v) is 10.1. The molecule has 2 fully saturated rings. The Kier molecular flexibility index (Phi) is 5.68. The fourth-order valence-corrected chi connectivity index (χ4v) is 4.43. The summed E-state index contributed by atoms with van der Waals surface area (Å²) in [5.74, 6) is -3.64. The number of nitrogens with one attached hydrogen (secondary N) is 1. The highest BCUT2D eigenvalue weighted by molar-refractivity contribution is 5.93. The maximum Gasteiger partial charge on any atom is 0.435 e. The summed E-state index contributed by atoms with van der Waals surface area (Å²) in [6.45, 7) is 3.26. The lowest BCUT2D eigenvalue weighted by molar-refractivity contribution is -0.143. The average molecular weight is 478 g/mol. The number of carbonyl (C=O) groups excluding carboxylic acids is 1. The van der Waals surface area contributed by atoms with Crippen LogP contribution in [-0.2, 0) is 21.9 Å². The molecule has 4 heterocycles. The number of ether oxygens (including phenoxy) is 1. The third kappa shape index (κ3) is 4.31. The van der Waals surface area contributed by atoms with Crippen LogP contribution >= 0.6 is 0 Å². The topological polar surface area (TPSA) is 89.3 Å². The van der Waals surface area contributed by atoms with E-state index in [1.165, 1.54) is 6.20 Å². The lowest BCUT2D eigenvalue weighted by Crippen LogP contribution is -2.41. The molecule has 0 aromatic carbocycles. The van der Waals surface area contributed by atoms with Crippen LogP contribution in [0.15, 0.2) is 24.5 Å². The fourth-order valence-electron chi connectivity index (χ4n) is 4.43. The van der Waals surface area contributed by atoms with Gasteiger partial charge in [-0.1, -0.05) is 0 Å². The number of hydrogen-bond acceptors (Lipinski definition) is 5. The highest BCUT2D eigenvalue weighted by atomic mass is 19.4. The quantitative estimate of drug-likeness (QED) is 0.654. The van der Waals surface area contributed by atoms with Crippen molar-refractivity contribution in [1.82, 2.24) is 14.8 Å². The van der Waals surface area contributed by atoms with E-state index in [9.17, 15) is 36.2 Å². The number of hydrogen-bond donors (Lipinski definition) is 2. The molecule has 2 aliphatic heterocycles. The number of alkyl halides is 6. The molecule has 2 bridgehead atoms. The first-order chi connectivity index (χ1) is 15.3. The van der Waals surface area contributed by atoms with Gasteiger partial charge in [-0.2, -0.15) is 31.4 Å². The molecule has 2 aromatic rings. The van der Waals surface area contributed by atoms with Crippen molar-refractivity contribution >= 4 is 11.7 Å². The number of aliphatic hydroxyl groups excluding tert-OH is 1. The molecule has 5 atom stereocenters. The zero-order valence-corrected chi connectivity index (χ0v) is 17.4. The number of anilines is 1. The molecule has 0 spiro atoms. The fraction of sp³-hybridized carbons (Fsp3) is 0.550. The van der Waals surface area contributed by atoms with Crippen molar-refractivity contribution in [2.45, 2.75) is 62.9 Å². The van der Waals surface area contributed by atoms with Crippen molar-refractivity contribution in [3.8, 4) is 0 Å². The van der Waals surface area contributed by atoms with Crippen LogP contribution in [0.1, 0.15) is 49.0 Å². The van der Waals surface area contributed by atoms with Gasteiger partial charge in [0.05, 0.1) is 29.8 Å². The van der Waals surface area contributed by atoms with E-state index in [4.69, 9.17) is 4.74 Å². The van der Waals surface area contributed by atoms with Gasteiger partial charge in [0.15, 0.2) is 5.69 Å². The lowest BCUT2D eigenvalue weighted by atomic mass is 9.73. The predicted octanol–water partition coefficient (Wildman–Crippen LogP) is 3.77. The van der Waals surface area contributed by atoms with Gasteiger partial charge in [0.2, 0.25) is 5.91 Å². The Hall–Kier alpha value is -2.67. The third-order valence-corrected chi connectivity index (χ3v) is 5.88. The lowest BCUT2D eigenvalue weighted by Gasteiger charge is -2.30. The smallest absolute Gasteiger partial charge is 0.390 e. The Labute approximate surface area is 183 Å². The van der Waals surface area contributed by atoms with E-state index in [0.717, 1.165) is 16.9 Å². The highest BCUT2D eigenvalue weighted by Crippen LogP contribution is 2.51. The SMILES string of the molecule is CC(C)n1cc(C2C3OC(CC3O)C2C(=O)Nc2cc(C(F)(F)F)ccn2)c(C(F)(F)F)n1. The van der Waals surface area contributed by atoms with Crippen molar-refractivity contribution in [2.75, 3.05) is 5.32 Å². The minimum Gasteiger partial charge on any atom is -0.390 e. The molecule has 7 nitrogen and oxygen atoms in total. The Morgan fingerprint density at radius 1 is 1.24 bits per heavy atom. The van der Waals surface area contributed by atoms with Gasteiger partial charge >= 0.3 is 12.4 Å². The second-order valence-corrected chi connectivity index (χ2v) is 8.42. The monoisotopic (exact) mass is 478 g/mol. The first-order valence-electron chi connectivity index (χ1n) is 10.1. The molecule has 2 saturated heterocycles. The number of nitrogens with zero attached hydrogens (tertiary/aromatic N) is 3. The van der Waals surface area contributed by atoms with Gasteiger partial charge in [-0.05, 0) is 26.0 Å². The van der Waals surface area contributed by atoms with Crippen LogP contribution < -0.4 is 5.32 Å². The van der Waals surface area contributed by atoms with Gasteiger partial charge in [0.1, 0.15) is 5.82 Å². The van der Waals surface area contributed by atoms with Crippen LogP contribution in [0.4, 0.5) is 32.2 Å². The number of fused-ring (bicyclic) bond motifs is 2. The minimum absolute atomic E-state index is 0.00887. The number of carbonyl (C=O) groups is 1. The van der Waals surface area contributed by atoms with Crippen LogP contribution in [0.25, 0.3) is 0 Å². The van der Waals surface area contributed by atoms with Crippen LogP contribution in [0.5, 0.6) is 0 Å². The molecule has 2 N–H and O–H groups in total. The number of halogens is 6. The van der Waals surface area contributed by atoms with E-state index in [1.807, 2.05) is 0 Å². The molecule has 13 heteroatoms. The summed E-state index contributed by atoms with van der Waals surface area (Å²) >= 11 is 0. The van der Waals surface area contributed by atoms with Crippen molar-refractivity contribution in [1.29, 1.82) is 0 Å². The molecule has 33 heavy (non-hydrogen) atoms. The molecule has 0 saturated carbocycles. The number of pyridine rings is 1. The zero-order chi connectivity index (χ0) is 24.3. The Morgan fingerprint density at radius 2 is 1.94 bits per heavy atom. The maximum atomic E-state index is 13.8. The van der Waals surface area contributed by atoms with E-state index in [-0.39, 0.29) is 12.0 Å². The summed E-state index contributed by atoms with van der Waals surface area (Å²) in [6.07, 6.45) is -10.5. The Morgan fingerprint density at radius 3 is 2.55 bits per heavy atom. The number of aliphatic hydroxyl groups is 1. The van der Waals surface area contributed by atoms with Gasteiger partial charge in [-0.25, -0.2) is 4.98 Å². The van der Waals surface area contributed by atoms with E-state index >= 15 is 0 Å². The van der Waals surface area contributed by atoms with Crippen LogP contribution in [0.2, 0.25) is 0 Å². The molecule has 4 rings (SSSR count). The van der Waals surface area contributed by atoms with Crippen molar-refractivity contribution in [2.24, 2.45) is 5.92 Å². The summed E-state index contributed by atoms with van der Waals surface area (Å²) in [5, 5.41) is 16.2. The van der Waals surface area contributed by atoms with Gasteiger partial charge in [-0.3, -0.25) is 9.48 Å². The molecule has 0 radical (unpaired) electrons. The van der Waals surface area contributed by atoms with E-state index in [1.54, 1.807) is 13.8 Å². The zero-order valence-electron chi connectivity index (χ0n) is 17.4. The molecule has 2 aromatic heterocycles. The van der Waals surface area contributed by atoms with Gasteiger partial charge in [0.25, 0.3) is 0 Å². The van der Waals surface area contributed by atoms with Crippen molar-refractivity contribution in [3.05, 3.63) is 41.3 Å². The molecule has 1 amide bonds. The molecule has 5 unspecified atom stereocenters. The second kappa shape index (κ2) is 7.97. The molecular weight excluding hydrogens is 458 g/mol. The van der Waals surface area contributed by atoms with Gasteiger partial charge < -0.3 is 15.2 Å². The van der Waals surface area contributed by atoms with E-state index in [0.29, 0.717) is 6.07 Å². The van der Waals surface area contributed by atoms with Crippen LogP contribution in [0, 0.1) is 5.92 Å². The molecule has 2 aliphatic rings. The Bertz CT molecular complexity index is 1050. The van der Waals surface area contributed by atoms with Crippen molar-refractivity contribution < 1.29 is 41.0 Å². The minimum atomic E-state index is -4.83. The van der Waals surface area contributed by atoms with E-state index < -0.39 is 71.5 Å². The summed E-state index contributed by atoms with van der Waals surface area (Å²) in [5.41, 5.74) is -2.54. The Balaban J connectivity index is 1.70. The number of aromatic nitrogens is 3. The largest absolute Gasteiger partial charge is 0.435 e. The van der Waals surface area contributed by atoms with E-state index in [2.05, 4.69) is 15.4 Å². The normalized spacial score (nSPS) is 27.4. The third-order valence-electron chi connectivity index (χ3n) is 5.88. The van der Waals surface area contributed by atoms with Crippen molar-refractivity contribution in [3.63, 3.8) is 0 Å². The second-order valence-electron chi connectivity index (χ2n) is 8.42. The number of amides is 1.